The fourth-order valence-corrected chi connectivity index (χ4v) is 0.994. The van der Waals surface area contributed by atoms with Gasteiger partial charge >= 0.3 is 0 Å². The molecule has 0 fully saturated rings. The number of nitrogens with one attached hydrogen (secondary N) is 1. The Morgan fingerprint density at radius 3 is 2.64 bits per heavy atom. The topological polar surface area (TPSA) is 42.0 Å². The van der Waals surface area contributed by atoms with Crippen LogP contribution in [0.25, 0.3) is 5.57 Å². The van der Waals surface area contributed by atoms with Crippen molar-refractivity contribution >= 4 is 11.5 Å². The van der Waals surface area contributed by atoms with Gasteiger partial charge in [0.15, 0.2) is 0 Å². The number of aromatic nitrogens is 1. The van der Waals surface area contributed by atoms with Crippen molar-refractivity contribution in [3.63, 3.8) is 0 Å². The monoisotopic (exact) mass is 190 g/mol. The number of aryl methyl sites for hydroxylation is 1. The van der Waals surface area contributed by atoms with Gasteiger partial charge in [-0.25, -0.2) is 0 Å². The largest absolute Gasteiger partial charge is 0.333 e. The first-order valence-electron chi connectivity index (χ1n) is 4.46. The third-order valence-corrected chi connectivity index (χ3v) is 1.86. The van der Waals surface area contributed by atoms with Crippen molar-refractivity contribution in [3.05, 3.63) is 35.8 Å². The highest BCUT2D eigenvalue weighted by Gasteiger charge is 1.95. The highest BCUT2D eigenvalue weighted by molar-refractivity contribution is 5.76. The van der Waals surface area contributed by atoms with Crippen molar-refractivity contribution in [2.75, 3.05) is 0 Å². The van der Waals surface area contributed by atoms with E-state index in [0.29, 0.717) is 0 Å². The van der Waals surface area contributed by atoms with Crippen molar-refractivity contribution in [1.82, 2.24) is 10.3 Å². The van der Waals surface area contributed by atoms with Gasteiger partial charge in [0.1, 0.15) is 0 Å². The van der Waals surface area contributed by atoms with E-state index in [1.807, 2.05) is 26.0 Å². The second-order valence-electron chi connectivity index (χ2n) is 3.22. The molecule has 0 saturated heterocycles. The summed E-state index contributed by atoms with van der Waals surface area (Å²) in [6.45, 7) is 5.36. The Morgan fingerprint density at radius 1 is 1.43 bits per heavy atom. The first kappa shape index (κ1) is 10.4. The van der Waals surface area contributed by atoms with Crippen LogP contribution in [-0.2, 0) is 4.79 Å². The molecule has 0 aromatic carbocycles. The van der Waals surface area contributed by atoms with Gasteiger partial charge in [0.05, 0.1) is 0 Å². The molecule has 0 atom stereocenters. The van der Waals surface area contributed by atoms with Crippen LogP contribution in [0.1, 0.15) is 25.1 Å². The SMILES string of the molecule is CC(=O)N/C=C(\C)c1ccc(C)nc1. The average molecular weight is 190 g/mol. The predicted octanol–water partition coefficient (Wildman–Crippen LogP) is 1.89. The van der Waals surface area contributed by atoms with E-state index in [1.54, 1.807) is 12.4 Å². The summed E-state index contributed by atoms with van der Waals surface area (Å²) in [5, 5.41) is 2.63. The standard InChI is InChI=1S/C11H14N2O/c1-8(6-13-10(3)14)11-5-4-9(2)12-7-11/h4-7H,1-3H3,(H,13,14)/b8-6+. The van der Waals surface area contributed by atoms with Crippen LogP contribution in [0.2, 0.25) is 0 Å². The Morgan fingerprint density at radius 2 is 2.14 bits per heavy atom. The first-order chi connectivity index (χ1) is 6.59. The fourth-order valence-electron chi connectivity index (χ4n) is 0.994. The second kappa shape index (κ2) is 4.56. The zero-order valence-electron chi connectivity index (χ0n) is 8.66. The number of carbonyl (C=O) groups is 1. The molecule has 1 N–H and O–H groups in total. The fraction of sp³-hybridized carbons (Fsp3) is 0.273. The smallest absolute Gasteiger partial charge is 0.220 e. The number of pyridine rings is 1. The first-order valence-corrected chi connectivity index (χ1v) is 4.46. The lowest BCUT2D eigenvalue weighted by Crippen LogP contribution is -2.12. The van der Waals surface area contributed by atoms with E-state index < -0.39 is 0 Å². The van der Waals surface area contributed by atoms with Gasteiger partial charge in [-0.2, -0.15) is 0 Å². The van der Waals surface area contributed by atoms with E-state index in [9.17, 15) is 4.79 Å². The Hall–Kier alpha value is -1.64. The van der Waals surface area contributed by atoms with Gasteiger partial charge in [-0.15, -0.1) is 0 Å². The predicted molar refractivity (Wildman–Crippen MR) is 56.4 cm³/mol. The average Bonchev–Trinajstić information content (AvgIpc) is 2.15. The lowest BCUT2D eigenvalue weighted by atomic mass is 10.1. The minimum atomic E-state index is -0.0654. The number of hydrogen-bond donors (Lipinski definition) is 1. The molecule has 0 bridgehead atoms. The molecule has 14 heavy (non-hydrogen) atoms. The molecule has 0 saturated carbocycles. The summed E-state index contributed by atoms with van der Waals surface area (Å²) in [5.74, 6) is -0.0654. The second-order valence-corrected chi connectivity index (χ2v) is 3.22. The van der Waals surface area contributed by atoms with Crippen LogP contribution in [0.3, 0.4) is 0 Å². The summed E-state index contributed by atoms with van der Waals surface area (Å²) in [6, 6.07) is 3.93. The molecule has 0 spiro atoms. The molecular weight excluding hydrogens is 176 g/mol. The highest BCUT2D eigenvalue weighted by atomic mass is 16.1. The summed E-state index contributed by atoms with van der Waals surface area (Å²) >= 11 is 0. The molecule has 0 unspecified atom stereocenters. The highest BCUT2D eigenvalue weighted by Crippen LogP contribution is 2.11. The van der Waals surface area contributed by atoms with Crippen LogP contribution in [0.5, 0.6) is 0 Å². The van der Waals surface area contributed by atoms with Crippen molar-refractivity contribution < 1.29 is 4.79 Å². The van der Waals surface area contributed by atoms with E-state index in [1.165, 1.54) is 6.92 Å². The number of nitrogens with zero attached hydrogens (tertiary/aromatic N) is 1. The van der Waals surface area contributed by atoms with Crippen LogP contribution < -0.4 is 5.32 Å². The van der Waals surface area contributed by atoms with Gasteiger partial charge < -0.3 is 5.32 Å². The van der Waals surface area contributed by atoms with Crippen LogP contribution in [0.4, 0.5) is 0 Å². The zero-order valence-corrected chi connectivity index (χ0v) is 8.66. The molecule has 1 aromatic heterocycles. The van der Waals surface area contributed by atoms with Gasteiger partial charge in [0, 0.05) is 25.0 Å². The summed E-state index contributed by atoms with van der Waals surface area (Å²) in [5.41, 5.74) is 3.00. The molecule has 0 radical (unpaired) electrons. The third-order valence-electron chi connectivity index (χ3n) is 1.86. The maximum absolute atomic E-state index is 10.7. The molecule has 3 heteroatoms. The number of carbonyl (C=O) groups excluding carboxylic acids is 1. The molecule has 1 amide bonds. The summed E-state index contributed by atoms with van der Waals surface area (Å²) in [7, 11) is 0. The van der Waals surface area contributed by atoms with Crippen molar-refractivity contribution in [2.45, 2.75) is 20.8 Å². The van der Waals surface area contributed by atoms with E-state index in [-0.39, 0.29) is 5.91 Å². The van der Waals surface area contributed by atoms with Gasteiger partial charge in [0.25, 0.3) is 0 Å². The van der Waals surface area contributed by atoms with Gasteiger partial charge in [-0.1, -0.05) is 6.07 Å². The molecule has 0 aliphatic carbocycles. The number of amides is 1. The maximum atomic E-state index is 10.7. The molecule has 0 aliphatic rings. The van der Waals surface area contributed by atoms with Gasteiger partial charge in [0.2, 0.25) is 5.91 Å². The molecule has 0 aliphatic heterocycles. The lowest BCUT2D eigenvalue weighted by molar-refractivity contribution is -0.118. The number of rotatable bonds is 2. The van der Waals surface area contributed by atoms with Crippen LogP contribution in [0.15, 0.2) is 24.5 Å². The van der Waals surface area contributed by atoms with Gasteiger partial charge in [-0.05, 0) is 31.1 Å². The number of allylic oxidation sites excluding steroid dienone is 1. The van der Waals surface area contributed by atoms with E-state index >= 15 is 0 Å². The number of hydrogen-bond acceptors (Lipinski definition) is 2. The summed E-state index contributed by atoms with van der Waals surface area (Å²) < 4.78 is 0. The molecule has 1 heterocycles. The van der Waals surface area contributed by atoms with Gasteiger partial charge in [-0.3, -0.25) is 9.78 Å². The minimum Gasteiger partial charge on any atom is -0.333 e. The summed E-state index contributed by atoms with van der Waals surface area (Å²) in [6.07, 6.45) is 3.48. The molecule has 3 nitrogen and oxygen atoms in total. The Balaban J connectivity index is 2.78. The third kappa shape index (κ3) is 3.01. The Labute approximate surface area is 83.9 Å². The maximum Gasteiger partial charge on any atom is 0.220 e. The van der Waals surface area contributed by atoms with E-state index in [4.69, 9.17) is 0 Å². The lowest BCUT2D eigenvalue weighted by Gasteiger charge is -2.01. The molecule has 1 aromatic rings. The molecule has 1 rings (SSSR count). The quantitative estimate of drug-likeness (QED) is 0.773. The zero-order chi connectivity index (χ0) is 10.6. The van der Waals surface area contributed by atoms with Crippen LogP contribution in [-0.4, -0.2) is 10.9 Å². The van der Waals surface area contributed by atoms with Crippen molar-refractivity contribution in [2.24, 2.45) is 0 Å². The Kier molecular flexibility index (Phi) is 3.40. The van der Waals surface area contributed by atoms with E-state index in [0.717, 1.165) is 16.8 Å². The molecular formula is C11H14N2O. The minimum absolute atomic E-state index is 0.0654. The van der Waals surface area contributed by atoms with Crippen LogP contribution >= 0.6 is 0 Å². The summed E-state index contributed by atoms with van der Waals surface area (Å²) in [4.78, 5) is 14.8. The van der Waals surface area contributed by atoms with Crippen molar-refractivity contribution in [3.8, 4) is 0 Å². The Bertz CT molecular complexity index is 352. The van der Waals surface area contributed by atoms with E-state index in [2.05, 4.69) is 10.3 Å². The van der Waals surface area contributed by atoms with Crippen molar-refractivity contribution in [1.29, 1.82) is 0 Å². The van der Waals surface area contributed by atoms with Crippen LogP contribution in [0, 0.1) is 6.92 Å². The molecule has 74 valence electrons. The normalized spacial score (nSPS) is 11.2.